The topological polar surface area (TPSA) is 51.6 Å². The molecule has 0 fully saturated rings. The van der Waals surface area contributed by atoms with Gasteiger partial charge in [0, 0.05) is 32.7 Å². The van der Waals surface area contributed by atoms with Crippen LogP contribution in [0.2, 0.25) is 10.3 Å². The molecule has 44 heavy (non-hydrogen) atoms. The summed E-state index contributed by atoms with van der Waals surface area (Å²) in [6, 6.07) is 41.3. The molecule has 0 spiro atoms. The van der Waals surface area contributed by atoms with E-state index in [1.54, 1.807) is 0 Å². The van der Waals surface area contributed by atoms with E-state index in [4.69, 9.17) is 33.2 Å². The fraction of sp³-hybridized carbons (Fsp3) is 0.0526. The second kappa shape index (κ2) is 11.0. The van der Waals surface area contributed by atoms with Gasteiger partial charge in [0.2, 0.25) is 0 Å². The maximum atomic E-state index is 6.27. The van der Waals surface area contributed by atoms with E-state index in [0.29, 0.717) is 10.3 Å². The number of rotatable bonds is 5. The van der Waals surface area contributed by atoms with E-state index in [1.165, 1.54) is 11.1 Å². The van der Waals surface area contributed by atoms with Crippen LogP contribution in [0.4, 0.5) is 0 Å². The van der Waals surface area contributed by atoms with Gasteiger partial charge in [-0.3, -0.25) is 0 Å². The van der Waals surface area contributed by atoms with Gasteiger partial charge in [-0.25, -0.2) is 19.9 Å². The Kier molecular flexibility index (Phi) is 6.67. The lowest BCUT2D eigenvalue weighted by Gasteiger charge is -2.13. The minimum atomic E-state index is 0.463. The summed E-state index contributed by atoms with van der Waals surface area (Å²) in [5.74, 6) is 0. The van der Waals surface area contributed by atoms with Crippen LogP contribution in [0.3, 0.4) is 0 Å². The summed E-state index contributed by atoms with van der Waals surface area (Å²) in [5, 5.41) is 5.04. The Morgan fingerprint density at radius 3 is 1.14 bits per heavy atom. The molecule has 4 aromatic carbocycles. The molecule has 0 bridgehead atoms. The van der Waals surface area contributed by atoms with Crippen LogP contribution >= 0.6 is 23.2 Å². The van der Waals surface area contributed by atoms with Crippen molar-refractivity contribution in [1.29, 1.82) is 0 Å². The molecule has 4 heterocycles. The Balaban J connectivity index is 1.16. The standard InChI is InChI=1S/C38H24Cl2N4/c39-33-21-17-27-13-11-25-15-19-31(41-35(25)37(27)43-33)29-7-3-1-5-23(29)9-10-24-6-2-4-8-30(24)32-20-16-26-12-14-28-18-22-34(40)44-38(28)36(26)42-32/h1-8,11-22H,9-10H2. The van der Waals surface area contributed by atoms with Crippen molar-refractivity contribution < 1.29 is 0 Å². The van der Waals surface area contributed by atoms with Crippen LogP contribution in [0.15, 0.2) is 121 Å². The summed E-state index contributed by atoms with van der Waals surface area (Å²) in [6.07, 6.45) is 1.69. The Bertz CT molecular complexity index is 2220. The Morgan fingerprint density at radius 2 is 0.705 bits per heavy atom. The predicted octanol–water partition coefficient (Wildman–Crippen LogP) is 10.3. The van der Waals surface area contributed by atoms with Crippen molar-refractivity contribution >= 4 is 66.8 Å². The van der Waals surface area contributed by atoms with Gasteiger partial charge in [-0.2, -0.15) is 0 Å². The molecule has 0 N–H and O–H groups in total. The quantitative estimate of drug-likeness (QED) is 0.144. The van der Waals surface area contributed by atoms with E-state index in [1.807, 2.05) is 24.3 Å². The van der Waals surface area contributed by atoms with Gasteiger partial charge in [-0.1, -0.05) is 108 Å². The second-order valence-corrected chi connectivity index (χ2v) is 11.7. The van der Waals surface area contributed by atoms with Crippen LogP contribution < -0.4 is 0 Å². The molecular formula is C38H24Cl2N4. The third kappa shape index (κ3) is 4.83. The molecule has 8 aromatic rings. The number of benzene rings is 4. The van der Waals surface area contributed by atoms with Crippen LogP contribution in [-0.2, 0) is 12.8 Å². The van der Waals surface area contributed by atoms with E-state index in [2.05, 4.69) is 107 Å². The van der Waals surface area contributed by atoms with Crippen molar-refractivity contribution in [2.75, 3.05) is 0 Å². The molecule has 0 radical (unpaired) electrons. The number of halogens is 2. The summed E-state index contributed by atoms with van der Waals surface area (Å²) in [4.78, 5) is 19.4. The van der Waals surface area contributed by atoms with Crippen LogP contribution in [0.25, 0.3) is 66.1 Å². The third-order valence-corrected chi connectivity index (χ3v) is 8.64. The molecule has 4 aromatic heterocycles. The fourth-order valence-electron chi connectivity index (χ4n) is 6.03. The van der Waals surface area contributed by atoms with Crippen molar-refractivity contribution in [2.45, 2.75) is 12.8 Å². The van der Waals surface area contributed by atoms with Gasteiger partial charge in [0.05, 0.1) is 33.5 Å². The lowest BCUT2D eigenvalue weighted by atomic mass is 9.94. The molecule has 6 heteroatoms. The molecule has 0 aliphatic rings. The van der Waals surface area contributed by atoms with Crippen molar-refractivity contribution in [1.82, 2.24) is 19.9 Å². The lowest BCUT2D eigenvalue weighted by molar-refractivity contribution is 0.962. The average molecular weight is 608 g/mol. The van der Waals surface area contributed by atoms with E-state index < -0.39 is 0 Å². The third-order valence-electron chi connectivity index (χ3n) is 8.22. The molecular weight excluding hydrogens is 583 g/mol. The SMILES string of the molecule is Clc1ccc2ccc3ccc(-c4ccccc4CCc4ccccc4-c4ccc5ccc6ccc(Cl)nc6c5n4)nc3c2n1. The zero-order valence-electron chi connectivity index (χ0n) is 23.5. The van der Waals surface area contributed by atoms with Crippen molar-refractivity contribution in [3.8, 4) is 22.5 Å². The first-order chi connectivity index (χ1) is 21.6. The van der Waals surface area contributed by atoms with Gasteiger partial charge >= 0.3 is 0 Å². The summed E-state index contributed by atoms with van der Waals surface area (Å²) in [5.41, 5.74) is 9.88. The molecule has 0 saturated heterocycles. The summed E-state index contributed by atoms with van der Waals surface area (Å²) >= 11 is 12.5. The van der Waals surface area contributed by atoms with E-state index in [-0.39, 0.29) is 0 Å². The van der Waals surface area contributed by atoms with Gasteiger partial charge in [-0.15, -0.1) is 0 Å². The number of hydrogen-bond donors (Lipinski definition) is 0. The number of hydrogen-bond acceptors (Lipinski definition) is 4. The first-order valence-electron chi connectivity index (χ1n) is 14.5. The zero-order valence-corrected chi connectivity index (χ0v) is 25.0. The minimum absolute atomic E-state index is 0.463. The summed E-state index contributed by atoms with van der Waals surface area (Å²) in [6.45, 7) is 0. The van der Waals surface area contributed by atoms with Crippen LogP contribution in [-0.4, -0.2) is 19.9 Å². The highest BCUT2D eigenvalue weighted by Crippen LogP contribution is 2.32. The molecule has 0 atom stereocenters. The number of fused-ring (bicyclic) bond motifs is 6. The van der Waals surface area contributed by atoms with Crippen molar-refractivity contribution in [3.05, 3.63) is 143 Å². The molecule has 4 nitrogen and oxygen atoms in total. The minimum Gasteiger partial charge on any atom is -0.245 e. The molecule has 0 aliphatic heterocycles. The Morgan fingerprint density at radius 1 is 0.364 bits per heavy atom. The molecule has 8 rings (SSSR count). The Labute approximate surface area is 264 Å². The summed E-state index contributed by atoms with van der Waals surface area (Å²) < 4.78 is 0. The summed E-state index contributed by atoms with van der Waals surface area (Å²) in [7, 11) is 0. The Hall–Kier alpha value is -4.90. The van der Waals surface area contributed by atoms with Gasteiger partial charge in [0.15, 0.2) is 0 Å². The first-order valence-corrected chi connectivity index (χ1v) is 15.2. The molecule has 0 amide bonds. The van der Waals surface area contributed by atoms with Crippen molar-refractivity contribution in [2.24, 2.45) is 0 Å². The van der Waals surface area contributed by atoms with Crippen LogP contribution in [0.1, 0.15) is 11.1 Å². The molecule has 0 aliphatic carbocycles. The highest BCUT2D eigenvalue weighted by Gasteiger charge is 2.13. The fourth-order valence-corrected chi connectivity index (χ4v) is 6.33. The van der Waals surface area contributed by atoms with Gasteiger partial charge in [-0.05, 0) is 60.4 Å². The van der Waals surface area contributed by atoms with E-state index in [0.717, 1.165) is 79.0 Å². The average Bonchev–Trinajstić information content (AvgIpc) is 3.07. The van der Waals surface area contributed by atoms with E-state index >= 15 is 0 Å². The maximum Gasteiger partial charge on any atom is 0.129 e. The molecule has 210 valence electrons. The zero-order chi connectivity index (χ0) is 29.6. The number of nitrogens with zero attached hydrogens (tertiary/aromatic N) is 4. The largest absolute Gasteiger partial charge is 0.245 e. The monoisotopic (exact) mass is 606 g/mol. The first kappa shape index (κ1) is 26.7. The predicted molar refractivity (Wildman–Crippen MR) is 182 cm³/mol. The second-order valence-electron chi connectivity index (χ2n) is 10.9. The van der Waals surface area contributed by atoms with Crippen LogP contribution in [0.5, 0.6) is 0 Å². The van der Waals surface area contributed by atoms with Crippen molar-refractivity contribution in [3.63, 3.8) is 0 Å². The molecule has 0 unspecified atom stereocenters. The van der Waals surface area contributed by atoms with Gasteiger partial charge in [0.25, 0.3) is 0 Å². The van der Waals surface area contributed by atoms with Crippen LogP contribution in [0, 0.1) is 0 Å². The molecule has 0 saturated carbocycles. The van der Waals surface area contributed by atoms with E-state index in [9.17, 15) is 0 Å². The van der Waals surface area contributed by atoms with Gasteiger partial charge in [0.1, 0.15) is 10.3 Å². The van der Waals surface area contributed by atoms with Gasteiger partial charge < -0.3 is 0 Å². The maximum absolute atomic E-state index is 6.27. The normalized spacial score (nSPS) is 11.6. The highest BCUT2D eigenvalue weighted by atomic mass is 35.5. The number of aryl methyl sites for hydroxylation is 2. The number of pyridine rings is 4. The lowest BCUT2D eigenvalue weighted by Crippen LogP contribution is -1.99. The smallest absolute Gasteiger partial charge is 0.129 e. The number of aromatic nitrogens is 4. The highest BCUT2D eigenvalue weighted by molar-refractivity contribution is 6.30.